The normalized spacial score (nSPS) is 12.4. The molecule has 0 aliphatic carbocycles. The maximum atomic E-state index is 13.5. The SMILES string of the molecule is N#C/C(=C/Nc1c(F)cccc1F)C(=O)NCc1ccc2c(c1)OCO2. The molecule has 1 aliphatic heterocycles. The molecule has 2 aromatic carbocycles. The number of fused-ring (bicyclic) bond motifs is 1. The highest BCUT2D eigenvalue weighted by Gasteiger charge is 2.15. The van der Waals surface area contributed by atoms with Crippen molar-refractivity contribution in [3.63, 3.8) is 0 Å². The van der Waals surface area contributed by atoms with Gasteiger partial charge in [0.05, 0.1) is 0 Å². The van der Waals surface area contributed by atoms with Gasteiger partial charge in [-0.3, -0.25) is 4.79 Å². The molecule has 2 N–H and O–H groups in total. The maximum Gasteiger partial charge on any atom is 0.263 e. The minimum Gasteiger partial charge on any atom is -0.454 e. The molecule has 0 radical (unpaired) electrons. The molecule has 0 fully saturated rings. The zero-order valence-electron chi connectivity index (χ0n) is 13.4. The fourth-order valence-electron chi connectivity index (χ4n) is 2.26. The van der Waals surface area contributed by atoms with Crippen LogP contribution in [0.25, 0.3) is 0 Å². The second kappa shape index (κ2) is 7.53. The summed E-state index contributed by atoms with van der Waals surface area (Å²) < 4.78 is 37.5. The van der Waals surface area contributed by atoms with E-state index in [9.17, 15) is 13.6 Å². The average Bonchev–Trinajstić information content (AvgIpc) is 3.10. The Balaban J connectivity index is 1.64. The van der Waals surface area contributed by atoms with Gasteiger partial charge in [0.25, 0.3) is 5.91 Å². The summed E-state index contributed by atoms with van der Waals surface area (Å²) in [5.41, 5.74) is -0.0229. The van der Waals surface area contributed by atoms with Crippen LogP contribution in [-0.2, 0) is 11.3 Å². The van der Waals surface area contributed by atoms with Crippen LogP contribution >= 0.6 is 0 Å². The molecule has 0 saturated heterocycles. The molecule has 6 nitrogen and oxygen atoms in total. The molecule has 3 rings (SSSR count). The summed E-state index contributed by atoms with van der Waals surface area (Å²) in [6, 6.07) is 10.2. The molecule has 0 bridgehead atoms. The van der Waals surface area contributed by atoms with Gasteiger partial charge in [0.1, 0.15) is 29.0 Å². The minimum atomic E-state index is -0.834. The fraction of sp³-hybridized carbons (Fsp3) is 0.111. The van der Waals surface area contributed by atoms with Crippen molar-refractivity contribution < 1.29 is 23.0 Å². The van der Waals surface area contributed by atoms with Crippen molar-refractivity contribution in [1.29, 1.82) is 5.26 Å². The maximum absolute atomic E-state index is 13.5. The summed E-state index contributed by atoms with van der Waals surface area (Å²) in [5, 5.41) is 14.0. The Morgan fingerprint density at radius 2 is 1.92 bits per heavy atom. The third kappa shape index (κ3) is 3.72. The van der Waals surface area contributed by atoms with Crippen LogP contribution in [-0.4, -0.2) is 12.7 Å². The average molecular weight is 357 g/mol. The molecule has 132 valence electrons. The summed E-state index contributed by atoms with van der Waals surface area (Å²) in [4.78, 5) is 12.1. The molecule has 2 aromatic rings. The smallest absolute Gasteiger partial charge is 0.263 e. The van der Waals surface area contributed by atoms with Crippen LogP contribution < -0.4 is 20.1 Å². The third-order valence-electron chi connectivity index (χ3n) is 3.58. The van der Waals surface area contributed by atoms with Crippen LogP contribution in [0.3, 0.4) is 0 Å². The van der Waals surface area contributed by atoms with E-state index in [1.54, 1.807) is 24.3 Å². The Kier molecular flexibility index (Phi) is 4.99. The number of nitrogens with one attached hydrogen (secondary N) is 2. The number of carbonyl (C=O) groups is 1. The Morgan fingerprint density at radius 3 is 2.65 bits per heavy atom. The van der Waals surface area contributed by atoms with Gasteiger partial charge in [0.15, 0.2) is 11.5 Å². The van der Waals surface area contributed by atoms with Crippen molar-refractivity contribution in [1.82, 2.24) is 5.32 Å². The van der Waals surface area contributed by atoms with E-state index in [4.69, 9.17) is 14.7 Å². The lowest BCUT2D eigenvalue weighted by atomic mass is 10.2. The van der Waals surface area contributed by atoms with Crippen LogP contribution in [0.2, 0.25) is 0 Å². The van der Waals surface area contributed by atoms with E-state index < -0.39 is 23.2 Å². The van der Waals surface area contributed by atoms with Crippen LogP contribution in [0.1, 0.15) is 5.56 Å². The number of benzene rings is 2. The zero-order chi connectivity index (χ0) is 18.5. The van der Waals surface area contributed by atoms with E-state index in [1.807, 2.05) is 0 Å². The van der Waals surface area contributed by atoms with Gasteiger partial charge in [0.2, 0.25) is 6.79 Å². The Bertz CT molecular complexity index is 902. The molecule has 0 aromatic heterocycles. The number of para-hydroxylation sites is 1. The van der Waals surface area contributed by atoms with Gasteiger partial charge in [-0.2, -0.15) is 5.26 Å². The molecular formula is C18H13F2N3O3. The molecule has 0 spiro atoms. The number of rotatable bonds is 5. The number of carbonyl (C=O) groups excluding carboxylic acids is 1. The van der Waals surface area contributed by atoms with Crippen molar-refractivity contribution >= 4 is 11.6 Å². The summed E-state index contributed by atoms with van der Waals surface area (Å²) in [6.07, 6.45) is 0.955. The standard InChI is InChI=1S/C18H13F2N3O3/c19-13-2-1-3-14(20)17(13)22-9-12(7-21)18(24)23-8-11-4-5-15-16(6-11)26-10-25-15/h1-6,9,22H,8,10H2,(H,23,24)/b12-9-. The molecular weight excluding hydrogens is 344 g/mol. The highest BCUT2D eigenvalue weighted by Crippen LogP contribution is 2.32. The number of anilines is 1. The number of ether oxygens (including phenoxy) is 2. The van der Waals surface area contributed by atoms with Gasteiger partial charge in [-0.1, -0.05) is 12.1 Å². The quantitative estimate of drug-likeness (QED) is 0.635. The van der Waals surface area contributed by atoms with Crippen molar-refractivity contribution in [3.05, 3.63) is 65.4 Å². The summed E-state index contributed by atoms with van der Waals surface area (Å²) in [5.74, 6) is -1.16. The predicted octanol–water partition coefficient (Wildman–Crippen LogP) is 2.83. The second-order valence-corrected chi connectivity index (χ2v) is 5.28. The number of nitrogens with zero attached hydrogens (tertiary/aromatic N) is 1. The number of hydrogen-bond donors (Lipinski definition) is 2. The van der Waals surface area contributed by atoms with Crippen molar-refractivity contribution in [2.24, 2.45) is 0 Å². The summed E-state index contributed by atoms with van der Waals surface area (Å²) >= 11 is 0. The first-order valence-electron chi connectivity index (χ1n) is 7.56. The molecule has 1 heterocycles. The Morgan fingerprint density at radius 1 is 1.19 bits per heavy atom. The van der Waals surface area contributed by atoms with E-state index in [-0.39, 0.29) is 18.9 Å². The summed E-state index contributed by atoms with van der Waals surface area (Å²) in [6.45, 7) is 0.285. The molecule has 0 atom stereocenters. The Hall–Kier alpha value is -3.60. The molecule has 1 aliphatic rings. The highest BCUT2D eigenvalue weighted by molar-refractivity contribution is 5.97. The van der Waals surface area contributed by atoms with Gasteiger partial charge < -0.3 is 20.1 Å². The topological polar surface area (TPSA) is 83.4 Å². The lowest BCUT2D eigenvalue weighted by Crippen LogP contribution is -2.24. The first-order chi connectivity index (χ1) is 12.6. The highest BCUT2D eigenvalue weighted by atomic mass is 19.1. The molecule has 0 unspecified atom stereocenters. The van der Waals surface area contributed by atoms with E-state index in [0.29, 0.717) is 11.5 Å². The third-order valence-corrected chi connectivity index (χ3v) is 3.58. The van der Waals surface area contributed by atoms with Gasteiger partial charge >= 0.3 is 0 Å². The first-order valence-corrected chi connectivity index (χ1v) is 7.56. The van der Waals surface area contributed by atoms with Gasteiger partial charge in [-0.25, -0.2) is 8.78 Å². The van der Waals surface area contributed by atoms with Crippen LogP contribution in [0, 0.1) is 23.0 Å². The number of halogens is 2. The minimum absolute atomic E-state index is 0.141. The zero-order valence-corrected chi connectivity index (χ0v) is 13.4. The molecule has 1 amide bonds. The molecule has 26 heavy (non-hydrogen) atoms. The number of amides is 1. The van der Waals surface area contributed by atoms with E-state index in [0.717, 1.165) is 23.9 Å². The lowest BCUT2D eigenvalue weighted by molar-refractivity contribution is -0.117. The fourth-order valence-corrected chi connectivity index (χ4v) is 2.26. The van der Waals surface area contributed by atoms with Crippen LogP contribution in [0.5, 0.6) is 11.5 Å². The first kappa shape index (κ1) is 17.2. The van der Waals surface area contributed by atoms with E-state index in [1.165, 1.54) is 6.07 Å². The lowest BCUT2D eigenvalue weighted by Gasteiger charge is -2.07. The van der Waals surface area contributed by atoms with Crippen molar-refractivity contribution in [3.8, 4) is 17.6 Å². The van der Waals surface area contributed by atoms with Crippen LogP contribution in [0.4, 0.5) is 14.5 Å². The van der Waals surface area contributed by atoms with E-state index >= 15 is 0 Å². The van der Waals surface area contributed by atoms with Gasteiger partial charge in [-0.15, -0.1) is 0 Å². The van der Waals surface area contributed by atoms with Crippen molar-refractivity contribution in [2.45, 2.75) is 6.54 Å². The number of hydrogen-bond acceptors (Lipinski definition) is 5. The largest absolute Gasteiger partial charge is 0.454 e. The van der Waals surface area contributed by atoms with E-state index in [2.05, 4.69) is 10.6 Å². The molecule has 8 heteroatoms. The molecule has 0 saturated carbocycles. The predicted molar refractivity (Wildman–Crippen MR) is 88.1 cm³/mol. The van der Waals surface area contributed by atoms with Gasteiger partial charge in [0, 0.05) is 12.7 Å². The second-order valence-electron chi connectivity index (χ2n) is 5.28. The van der Waals surface area contributed by atoms with Crippen molar-refractivity contribution in [2.75, 3.05) is 12.1 Å². The van der Waals surface area contributed by atoms with Gasteiger partial charge in [-0.05, 0) is 29.8 Å². The number of nitriles is 1. The Labute approximate surface area is 147 Å². The van der Waals surface area contributed by atoms with Crippen LogP contribution in [0.15, 0.2) is 48.2 Å². The summed E-state index contributed by atoms with van der Waals surface area (Å²) in [7, 11) is 0. The monoisotopic (exact) mass is 357 g/mol.